The number of hydrogen-bond acceptors (Lipinski definition) is 3. The highest BCUT2D eigenvalue weighted by molar-refractivity contribution is 5.17. The molecule has 1 unspecified atom stereocenters. The molecule has 1 aromatic rings. The minimum absolute atomic E-state index is 0.685. The minimum atomic E-state index is 0.685. The molecule has 3 heteroatoms. The van der Waals surface area contributed by atoms with Crippen LogP contribution in [0, 0.1) is 0 Å². The molecule has 1 saturated heterocycles. The van der Waals surface area contributed by atoms with Crippen LogP contribution in [0.25, 0.3) is 0 Å². The van der Waals surface area contributed by atoms with Crippen LogP contribution in [0.2, 0.25) is 0 Å². The average molecular weight is 250 g/mol. The zero-order valence-corrected chi connectivity index (χ0v) is 11.7. The van der Waals surface area contributed by atoms with E-state index in [-0.39, 0.29) is 0 Å². The predicted octanol–water partition coefficient (Wildman–Crippen LogP) is 3.15. The molecule has 18 heavy (non-hydrogen) atoms. The lowest BCUT2D eigenvalue weighted by Crippen LogP contribution is -2.32. The molecule has 0 aliphatic carbocycles. The summed E-state index contributed by atoms with van der Waals surface area (Å²) >= 11 is 0. The van der Waals surface area contributed by atoms with Crippen LogP contribution in [0.3, 0.4) is 0 Å². The van der Waals surface area contributed by atoms with Gasteiger partial charge in [0.15, 0.2) is 0 Å². The maximum absolute atomic E-state index is 5.67. The number of likely N-dealkylation sites (tertiary alicyclic amines) is 1. The van der Waals surface area contributed by atoms with Crippen molar-refractivity contribution >= 4 is 0 Å². The normalized spacial score (nSPS) is 22.0. The van der Waals surface area contributed by atoms with Gasteiger partial charge in [-0.15, -0.1) is 0 Å². The van der Waals surface area contributed by atoms with Crippen LogP contribution in [0.1, 0.15) is 50.9 Å². The summed E-state index contributed by atoms with van der Waals surface area (Å²) in [6.45, 7) is 8.58. The number of hydrogen-bond donors (Lipinski definition) is 1. The first-order chi connectivity index (χ1) is 8.81. The number of nitrogens with zero attached hydrogens (tertiary/aromatic N) is 1. The molecule has 0 spiro atoms. The van der Waals surface area contributed by atoms with E-state index in [9.17, 15) is 0 Å². The van der Waals surface area contributed by atoms with Crippen molar-refractivity contribution < 1.29 is 4.42 Å². The second-order valence-electron chi connectivity index (χ2n) is 5.32. The van der Waals surface area contributed by atoms with E-state index in [4.69, 9.17) is 4.42 Å². The fourth-order valence-electron chi connectivity index (χ4n) is 2.68. The smallest absolute Gasteiger partial charge is 0.122 e. The average Bonchev–Trinajstić information content (AvgIpc) is 2.71. The van der Waals surface area contributed by atoms with Gasteiger partial charge < -0.3 is 9.73 Å². The van der Waals surface area contributed by atoms with Crippen LogP contribution in [0.5, 0.6) is 0 Å². The van der Waals surface area contributed by atoms with Gasteiger partial charge in [0, 0.05) is 18.2 Å². The van der Waals surface area contributed by atoms with Crippen LogP contribution in [0.4, 0.5) is 0 Å². The van der Waals surface area contributed by atoms with Crippen molar-refractivity contribution in [1.82, 2.24) is 10.2 Å². The zero-order valence-electron chi connectivity index (χ0n) is 11.7. The number of furan rings is 1. The quantitative estimate of drug-likeness (QED) is 0.870. The Kier molecular flexibility index (Phi) is 5.26. The summed E-state index contributed by atoms with van der Waals surface area (Å²) in [6, 6.07) is 2.78. The lowest BCUT2D eigenvalue weighted by atomic mass is 10.1. The van der Waals surface area contributed by atoms with Crippen molar-refractivity contribution in [3.63, 3.8) is 0 Å². The Labute approximate surface area is 111 Å². The second-order valence-corrected chi connectivity index (χ2v) is 5.32. The molecule has 1 N–H and O–H groups in total. The second kappa shape index (κ2) is 6.95. The molecule has 1 aliphatic rings. The molecular weight excluding hydrogens is 224 g/mol. The number of nitrogens with one attached hydrogen (secondary N) is 1. The fraction of sp³-hybridized carbons (Fsp3) is 0.733. The topological polar surface area (TPSA) is 28.4 Å². The van der Waals surface area contributed by atoms with Gasteiger partial charge in [0.2, 0.25) is 0 Å². The maximum atomic E-state index is 5.67. The highest BCUT2D eigenvalue weighted by Gasteiger charge is 2.19. The van der Waals surface area contributed by atoms with E-state index < -0.39 is 0 Å². The first-order valence-corrected chi connectivity index (χ1v) is 7.31. The van der Waals surface area contributed by atoms with E-state index in [1.54, 1.807) is 0 Å². The van der Waals surface area contributed by atoms with Crippen molar-refractivity contribution in [3.05, 3.63) is 23.7 Å². The fourth-order valence-corrected chi connectivity index (χ4v) is 2.68. The predicted molar refractivity (Wildman–Crippen MR) is 74.4 cm³/mol. The molecule has 102 valence electrons. The van der Waals surface area contributed by atoms with Gasteiger partial charge in [0.05, 0.1) is 12.8 Å². The van der Waals surface area contributed by atoms with Crippen molar-refractivity contribution in [3.8, 4) is 0 Å². The molecule has 1 atom stereocenters. The van der Waals surface area contributed by atoms with Crippen LogP contribution in [0.15, 0.2) is 16.7 Å². The van der Waals surface area contributed by atoms with Gasteiger partial charge >= 0.3 is 0 Å². The van der Waals surface area contributed by atoms with Gasteiger partial charge in [0.25, 0.3) is 0 Å². The molecule has 0 aromatic carbocycles. The van der Waals surface area contributed by atoms with Crippen LogP contribution >= 0.6 is 0 Å². The summed E-state index contributed by atoms with van der Waals surface area (Å²) in [4.78, 5) is 2.57. The van der Waals surface area contributed by atoms with E-state index >= 15 is 0 Å². The van der Waals surface area contributed by atoms with E-state index in [0.717, 1.165) is 25.4 Å². The molecule has 0 saturated carbocycles. The van der Waals surface area contributed by atoms with Crippen molar-refractivity contribution in [2.45, 2.75) is 58.7 Å². The monoisotopic (exact) mass is 250 g/mol. The summed E-state index contributed by atoms with van der Waals surface area (Å²) in [5.74, 6) is 1.14. The van der Waals surface area contributed by atoms with E-state index in [2.05, 4.69) is 30.1 Å². The van der Waals surface area contributed by atoms with Crippen molar-refractivity contribution in [1.29, 1.82) is 0 Å². The third kappa shape index (κ3) is 3.59. The summed E-state index contributed by atoms with van der Waals surface area (Å²) in [6.07, 6.45) is 7.23. The zero-order chi connectivity index (χ0) is 12.8. The van der Waals surface area contributed by atoms with Gasteiger partial charge in [-0.3, -0.25) is 4.90 Å². The molecule has 0 amide bonds. The summed E-state index contributed by atoms with van der Waals surface area (Å²) in [5.41, 5.74) is 1.31. The first-order valence-electron chi connectivity index (χ1n) is 7.31. The molecule has 3 nitrogen and oxygen atoms in total. The highest BCUT2D eigenvalue weighted by Crippen LogP contribution is 2.21. The van der Waals surface area contributed by atoms with E-state index in [1.807, 2.05) is 6.26 Å². The SMILES string of the molecule is CCNCc1ccoc1CN1CCCCCC1C. The molecule has 2 heterocycles. The minimum Gasteiger partial charge on any atom is -0.468 e. The first kappa shape index (κ1) is 13.6. The van der Waals surface area contributed by atoms with Crippen molar-refractivity contribution in [2.24, 2.45) is 0 Å². The lowest BCUT2D eigenvalue weighted by Gasteiger charge is -2.26. The van der Waals surface area contributed by atoms with Crippen molar-refractivity contribution in [2.75, 3.05) is 13.1 Å². The Morgan fingerprint density at radius 2 is 2.28 bits per heavy atom. The molecular formula is C15H26N2O. The van der Waals surface area contributed by atoms with Crippen LogP contribution < -0.4 is 5.32 Å². The van der Waals surface area contributed by atoms with E-state index in [0.29, 0.717) is 6.04 Å². The third-order valence-electron chi connectivity index (χ3n) is 3.94. The highest BCUT2D eigenvalue weighted by atomic mass is 16.3. The standard InChI is InChI=1S/C15H26N2O/c1-3-16-11-14-8-10-18-15(14)12-17-9-6-4-5-7-13(17)2/h8,10,13,16H,3-7,9,11-12H2,1-2H3. The van der Waals surface area contributed by atoms with Gasteiger partial charge in [-0.05, 0) is 38.9 Å². The Balaban J connectivity index is 1.96. The Morgan fingerprint density at radius 1 is 1.39 bits per heavy atom. The Morgan fingerprint density at radius 3 is 3.11 bits per heavy atom. The van der Waals surface area contributed by atoms with Gasteiger partial charge in [-0.1, -0.05) is 19.8 Å². The van der Waals surface area contributed by atoms with Gasteiger partial charge in [-0.2, -0.15) is 0 Å². The van der Waals surface area contributed by atoms with E-state index in [1.165, 1.54) is 37.8 Å². The summed E-state index contributed by atoms with van der Waals surface area (Å²) in [5, 5.41) is 3.37. The van der Waals surface area contributed by atoms with Crippen LogP contribution in [-0.4, -0.2) is 24.0 Å². The molecule has 1 aliphatic heterocycles. The maximum Gasteiger partial charge on any atom is 0.122 e. The lowest BCUT2D eigenvalue weighted by molar-refractivity contribution is 0.188. The molecule has 1 fully saturated rings. The van der Waals surface area contributed by atoms with Crippen LogP contribution in [-0.2, 0) is 13.1 Å². The molecule has 0 bridgehead atoms. The van der Waals surface area contributed by atoms with Gasteiger partial charge in [0.1, 0.15) is 5.76 Å². The molecule has 2 rings (SSSR count). The summed E-state index contributed by atoms with van der Waals surface area (Å²) < 4.78 is 5.67. The number of rotatable bonds is 5. The third-order valence-corrected chi connectivity index (χ3v) is 3.94. The largest absolute Gasteiger partial charge is 0.468 e. The Bertz CT molecular complexity index is 348. The van der Waals surface area contributed by atoms with Gasteiger partial charge in [-0.25, -0.2) is 0 Å². The molecule has 0 radical (unpaired) electrons. The molecule has 1 aromatic heterocycles. The Hall–Kier alpha value is -0.800. The summed E-state index contributed by atoms with van der Waals surface area (Å²) in [7, 11) is 0.